The monoisotopic (exact) mass is 193 g/mol. The van der Waals surface area contributed by atoms with Crippen molar-refractivity contribution in [3.8, 4) is 5.88 Å². The van der Waals surface area contributed by atoms with Crippen LogP contribution >= 0.6 is 0 Å². The molecule has 2 nitrogen and oxygen atoms in total. The first kappa shape index (κ1) is 11.0. The Morgan fingerprint density at radius 3 is 2.43 bits per heavy atom. The molecule has 1 aromatic rings. The second-order valence-electron chi connectivity index (χ2n) is 3.72. The summed E-state index contributed by atoms with van der Waals surface area (Å²) in [4.78, 5) is 3.80. The Morgan fingerprint density at radius 1 is 1.29 bits per heavy atom. The molecule has 0 amide bonds. The Bertz CT molecular complexity index is 267. The first-order valence-corrected chi connectivity index (χ1v) is 5.42. The first-order chi connectivity index (χ1) is 6.77. The Balaban J connectivity index is 2.75. The number of rotatable bonds is 5. The van der Waals surface area contributed by atoms with Gasteiger partial charge in [0.1, 0.15) is 0 Å². The number of hydrogen-bond donors (Lipinski definition) is 1. The molecule has 0 bridgehead atoms. The summed E-state index contributed by atoms with van der Waals surface area (Å²) in [5.74, 6) is 0.721. The van der Waals surface area contributed by atoms with Crippen LogP contribution in [0, 0.1) is 0 Å². The normalized spacial score (nSPS) is 10.8. The zero-order chi connectivity index (χ0) is 10.4. The molecular formula is C12H19NO. The van der Waals surface area contributed by atoms with Crippen LogP contribution in [0.15, 0.2) is 18.3 Å². The lowest BCUT2D eigenvalue weighted by molar-refractivity contribution is 0.450. The standard InChI is InChI=1S/C12H19NO/c1-3-5-10(6-4-2)11-7-8-13-12(14)9-11/h7-10H,3-6H2,1-2H3,(H,13,14). The van der Waals surface area contributed by atoms with Crippen molar-refractivity contribution in [2.45, 2.75) is 45.4 Å². The van der Waals surface area contributed by atoms with Crippen LogP contribution in [0.2, 0.25) is 0 Å². The Morgan fingerprint density at radius 2 is 1.93 bits per heavy atom. The van der Waals surface area contributed by atoms with Gasteiger partial charge >= 0.3 is 0 Å². The third-order valence-corrected chi connectivity index (χ3v) is 2.52. The molecule has 0 spiro atoms. The van der Waals surface area contributed by atoms with Crippen LogP contribution in [-0.2, 0) is 0 Å². The zero-order valence-corrected chi connectivity index (χ0v) is 9.03. The molecule has 0 aliphatic carbocycles. The molecule has 14 heavy (non-hydrogen) atoms. The molecular weight excluding hydrogens is 174 g/mol. The van der Waals surface area contributed by atoms with E-state index >= 15 is 0 Å². The minimum absolute atomic E-state index is 0.139. The minimum Gasteiger partial charge on any atom is -0.493 e. The van der Waals surface area contributed by atoms with Gasteiger partial charge in [0.25, 0.3) is 0 Å². The van der Waals surface area contributed by atoms with E-state index in [9.17, 15) is 5.11 Å². The van der Waals surface area contributed by atoms with Crippen molar-refractivity contribution in [3.63, 3.8) is 0 Å². The zero-order valence-electron chi connectivity index (χ0n) is 9.03. The van der Waals surface area contributed by atoms with Crippen molar-refractivity contribution in [2.24, 2.45) is 0 Å². The van der Waals surface area contributed by atoms with Gasteiger partial charge < -0.3 is 5.11 Å². The van der Waals surface area contributed by atoms with E-state index in [0.717, 1.165) is 0 Å². The highest BCUT2D eigenvalue weighted by atomic mass is 16.3. The topological polar surface area (TPSA) is 33.1 Å². The molecule has 1 rings (SSSR count). The number of pyridine rings is 1. The van der Waals surface area contributed by atoms with E-state index in [1.807, 2.05) is 6.07 Å². The molecule has 0 aromatic carbocycles. The summed E-state index contributed by atoms with van der Waals surface area (Å²) >= 11 is 0. The molecule has 78 valence electrons. The number of aromatic hydroxyl groups is 1. The predicted molar refractivity (Wildman–Crippen MR) is 58.5 cm³/mol. The van der Waals surface area contributed by atoms with Crippen LogP contribution in [-0.4, -0.2) is 10.1 Å². The summed E-state index contributed by atoms with van der Waals surface area (Å²) in [5, 5.41) is 9.29. The molecule has 1 heterocycles. The molecule has 0 atom stereocenters. The lowest BCUT2D eigenvalue weighted by Gasteiger charge is -2.15. The minimum atomic E-state index is 0.139. The van der Waals surface area contributed by atoms with Crippen molar-refractivity contribution in [3.05, 3.63) is 23.9 Å². The Kier molecular flexibility index (Phi) is 4.44. The van der Waals surface area contributed by atoms with Gasteiger partial charge in [0, 0.05) is 12.3 Å². The molecule has 0 saturated carbocycles. The lowest BCUT2D eigenvalue weighted by Crippen LogP contribution is -1.98. The second kappa shape index (κ2) is 5.63. The van der Waals surface area contributed by atoms with E-state index in [4.69, 9.17) is 0 Å². The first-order valence-electron chi connectivity index (χ1n) is 5.42. The van der Waals surface area contributed by atoms with Crippen molar-refractivity contribution in [1.29, 1.82) is 0 Å². The Labute approximate surface area is 86.0 Å². The van der Waals surface area contributed by atoms with E-state index < -0.39 is 0 Å². The highest BCUT2D eigenvalue weighted by Crippen LogP contribution is 2.27. The van der Waals surface area contributed by atoms with Gasteiger partial charge in [-0.2, -0.15) is 0 Å². The van der Waals surface area contributed by atoms with E-state index in [1.165, 1.54) is 31.2 Å². The van der Waals surface area contributed by atoms with E-state index in [1.54, 1.807) is 12.3 Å². The smallest absolute Gasteiger partial charge is 0.210 e. The quantitative estimate of drug-likeness (QED) is 0.776. The van der Waals surface area contributed by atoms with Gasteiger partial charge in [-0.3, -0.25) is 0 Å². The predicted octanol–water partition coefficient (Wildman–Crippen LogP) is 3.47. The summed E-state index contributed by atoms with van der Waals surface area (Å²) in [6.07, 6.45) is 6.44. The summed E-state index contributed by atoms with van der Waals surface area (Å²) in [6.45, 7) is 4.40. The molecule has 0 radical (unpaired) electrons. The van der Waals surface area contributed by atoms with Crippen LogP contribution in [0.1, 0.15) is 51.0 Å². The van der Waals surface area contributed by atoms with Gasteiger partial charge in [0.2, 0.25) is 5.88 Å². The van der Waals surface area contributed by atoms with Crippen molar-refractivity contribution in [1.82, 2.24) is 4.98 Å². The molecule has 0 fully saturated rings. The maximum atomic E-state index is 9.29. The average Bonchev–Trinajstić information content (AvgIpc) is 2.17. The highest BCUT2D eigenvalue weighted by molar-refractivity contribution is 5.23. The SMILES string of the molecule is CCCC(CCC)c1ccnc(O)c1. The van der Waals surface area contributed by atoms with E-state index in [-0.39, 0.29) is 5.88 Å². The molecule has 1 aromatic heterocycles. The van der Waals surface area contributed by atoms with Crippen LogP contribution in [0.25, 0.3) is 0 Å². The highest BCUT2D eigenvalue weighted by Gasteiger charge is 2.09. The van der Waals surface area contributed by atoms with Crippen LogP contribution < -0.4 is 0 Å². The Hall–Kier alpha value is -1.05. The maximum Gasteiger partial charge on any atom is 0.210 e. The van der Waals surface area contributed by atoms with Gasteiger partial charge in [-0.1, -0.05) is 26.7 Å². The summed E-state index contributed by atoms with van der Waals surface area (Å²) < 4.78 is 0. The van der Waals surface area contributed by atoms with Crippen LogP contribution in [0.4, 0.5) is 0 Å². The molecule has 0 aliphatic rings. The summed E-state index contributed by atoms with van der Waals surface area (Å²) in [7, 11) is 0. The fourth-order valence-electron chi connectivity index (χ4n) is 1.86. The van der Waals surface area contributed by atoms with Crippen LogP contribution in [0.5, 0.6) is 5.88 Å². The van der Waals surface area contributed by atoms with Gasteiger partial charge in [-0.15, -0.1) is 0 Å². The summed E-state index contributed by atoms with van der Waals surface area (Å²) in [6, 6.07) is 3.80. The van der Waals surface area contributed by atoms with Crippen LogP contribution in [0.3, 0.4) is 0 Å². The van der Waals surface area contributed by atoms with E-state index in [2.05, 4.69) is 18.8 Å². The second-order valence-corrected chi connectivity index (χ2v) is 3.72. The number of nitrogens with zero attached hydrogens (tertiary/aromatic N) is 1. The van der Waals surface area contributed by atoms with Gasteiger partial charge in [-0.25, -0.2) is 4.98 Å². The fourth-order valence-corrected chi connectivity index (χ4v) is 1.86. The number of hydrogen-bond acceptors (Lipinski definition) is 2. The van der Waals surface area contributed by atoms with E-state index in [0.29, 0.717) is 5.92 Å². The fraction of sp³-hybridized carbons (Fsp3) is 0.583. The molecule has 0 aliphatic heterocycles. The third kappa shape index (κ3) is 3.02. The summed E-state index contributed by atoms with van der Waals surface area (Å²) in [5.41, 5.74) is 1.22. The van der Waals surface area contributed by atoms with Gasteiger partial charge in [0.15, 0.2) is 0 Å². The average molecular weight is 193 g/mol. The van der Waals surface area contributed by atoms with Crippen molar-refractivity contribution in [2.75, 3.05) is 0 Å². The van der Waals surface area contributed by atoms with Crippen molar-refractivity contribution < 1.29 is 5.11 Å². The number of aromatic nitrogens is 1. The molecule has 0 unspecified atom stereocenters. The lowest BCUT2D eigenvalue weighted by atomic mass is 9.91. The molecule has 0 saturated heterocycles. The van der Waals surface area contributed by atoms with Gasteiger partial charge in [0.05, 0.1) is 0 Å². The molecule has 1 N–H and O–H groups in total. The maximum absolute atomic E-state index is 9.29. The van der Waals surface area contributed by atoms with Crippen molar-refractivity contribution >= 4 is 0 Å². The largest absolute Gasteiger partial charge is 0.493 e. The third-order valence-electron chi connectivity index (χ3n) is 2.52. The van der Waals surface area contributed by atoms with Gasteiger partial charge in [-0.05, 0) is 30.4 Å². The molecule has 2 heteroatoms.